The summed E-state index contributed by atoms with van der Waals surface area (Å²) in [4.78, 5) is 23.7. The Balaban J connectivity index is 1.87. The van der Waals surface area contributed by atoms with Crippen molar-refractivity contribution in [3.05, 3.63) is 75.7 Å². The second-order valence-corrected chi connectivity index (χ2v) is 5.51. The molecule has 0 atom stereocenters. The maximum atomic E-state index is 12.3. The van der Waals surface area contributed by atoms with Gasteiger partial charge in [-0.15, -0.1) is 0 Å². The molecule has 1 aromatic heterocycles. The lowest BCUT2D eigenvalue weighted by Gasteiger charge is -2.13. The molecular formula is C17H14ClN3O3. The number of nitrogens with zero attached hydrogens (tertiary/aromatic N) is 1. The van der Waals surface area contributed by atoms with Gasteiger partial charge in [-0.2, -0.15) is 4.74 Å². The first-order valence-electron chi connectivity index (χ1n) is 7.13. The number of hydrogen-bond acceptors (Lipinski definition) is 4. The zero-order valence-electron chi connectivity index (χ0n) is 12.7. The molecule has 122 valence electrons. The van der Waals surface area contributed by atoms with Crippen LogP contribution in [0.15, 0.2) is 63.9 Å². The van der Waals surface area contributed by atoms with Gasteiger partial charge in [-0.3, -0.25) is 9.59 Å². The number of aromatic nitrogens is 1. The van der Waals surface area contributed by atoms with Crippen LogP contribution in [0.2, 0.25) is 5.02 Å². The van der Waals surface area contributed by atoms with Crippen LogP contribution in [-0.4, -0.2) is 10.6 Å². The van der Waals surface area contributed by atoms with Gasteiger partial charge in [-0.1, -0.05) is 29.8 Å². The van der Waals surface area contributed by atoms with Crippen molar-refractivity contribution >= 4 is 34.6 Å². The molecule has 2 aromatic carbocycles. The Kier molecular flexibility index (Phi) is 4.39. The summed E-state index contributed by atoms with van der Waals surface area (Å²) in [5.41, 5.74) is 1.60. The van der Waals surface area contributed by atoms with Gasteiger partial charge in [0.25, 0.3) is 11.5 Å². The number of anilines is 3. The monoisotopic (exact) mass is 343 g/mol. The maximum Gasteiger partial charge on any atom is 0.294 e. The Bertz CT molecular complexity index is 932. The molecule has 7 heteroatoms. The molecule has 1 amide bonds. The van der Waals surface area contributed by atoms with Crippen molar-refractivity contribution in [1.29, 1.82) is 0 Å². The van der Waals surface area contributed by atoms with Gasteiger partial charge in [0.2, 0.25) is 5.76 Å². The highest BCUT2D eigenvalue weighted by molar-refractivity contribution is 6.31. The lowest BCUT2D eigenvalue weighted by molar-refractivity contribution is 0.0975. The summed E-state index contributed by atoms with van der Waals surface area (Å²) in [6.45, 7) is 0. The number of aryl methyl sites for hydroxylation is 1. The van der Waals surface area contributed by atoms with Crippen LogP contribution in [0.3, 0.4) is 0 Å². The molecule has 0 aliphatic rings. The van der Waals surface area contributed by atoms with Crippen LogP contribution >= 0.6 is 11.6 Å². The fourth-order valence-corrected chi connectivity index (χ4v) is 2.29. The first kappa shape index (κ1) is 15.9. The van der Waals surface area contributed by atoms with E-state index in [0.29, 0.717) is 16.4 Å². The zero-order chi connectivity index (χ0) is 17.1. The predicted molar refractivity (Wildman–Crippen MR) is 93.1 cm³/mol. The van der Waals surface area contributed by atoms with Crippen molar-refractivity contribution in [3.8, 4) is 0 Å². The molecule has 0 unspecified atom stereocenters. The third kappa shape index (κ3) is 3.49. The minimum absolute atomic E-state index is 0.0666. The molecule has 3 aromatic rings. The highest BCUT2D eigenvalue weighted by Crippen LogP contribution is 2.29. The number of hydrogen-bond donors (Lipinski definition) is 2. The summed E-state index contributed by atoms with van der Waals surface area (Å²) < 4.78 is 6.06. The third-order valence-corrected chi connectivity index (χ3v) is 3.54. The lowest BCUT2D eigenvalue weighted by atomic mass is 10.2. The Hall–Kier alpha value is -2.99. The molecule has 6 nitrogen and oxygen atoms in total. The minimum atomic E-state index is -0.522. The maximum absolute atomic E-state index is 12.3. The van der Waals surface area contributed by atoms with Gasteiger partial charge >= 0.3 is 0 Å². The minimum Gasteiger partial charge on any atom is -0.371 e. The number of halogens is 1. The lowest BCUT2D eigenvalue weighted by Crippen LogP contribution is -2.12. The highest BCUT2D eigenvalue weighted by Gasteiger charge is 2.15. The molecule has 0 bridgehead atoms. The number of amides is 1. The van der Waals surface area contributed by atoms with E-state index >= 15 is 0 Å². The molecule has 3 rings (SSSR count). The average molecular weight is 344 g/mol. The zero-order valence-corrected chi connectivity index (χ0v) is 13.5. The molecule has 0 saturated carbocycles. The molecule has 0 spiro atoms. The Morgan fingerprint density at radius 1 is 1.08 bits per heavy atom. The normalized spacial score (nSPS) is 10.4. The Morgan fingerprint density at radius 2 is 1.83 bits per heavy atom. The fraction of sp³-hybridized carbons (Fsp3) is 0.0588. The van der Waals surface area contributed by atoms with Crippen LogP contribution in [-0.2, 0) is 7.05 Å². The summed E-state index contributed by atoms with van der Waals surface area (Å²) in [5.74, 6) is -0.589. The number of para-hydroxylation sites is 1. The van der Waals surface area contributed by atoms with E-state index in [4.69, 9.17) is 16.1 Å². The largest absolute Gasteiger partial charge is 0.371 e. The highest BCUT2D eigenvalue weighted by atomic mass is 35.5. The third-order valence-electron chi connectivity index (χ3n) is 3.31. The van der Waals surface area contributed by atoms with Crippen molar-refractivity contribution < 1.29 is 9.32 Å². The van der Waals surface area contributed by atoms with Crippen molar-refractivity contribution in [3.63, 3.8) is 0 Å². The van der Waals surface area contributed by atoms with Crippen LogP contribution in [0.4, 0.5) is 17.1 Å². The standard InChI is InChI=1S/C17H14ClN3O3/c1-21-16(22)10-15(24-21)17(23)20-13-8-7-11(18)9-14(13)19-12-5-3-2-4-6-12/h2-10,19H,1H3,(H,20,23). The molecule has 0 aliphatic heterocycles. The van der Waals surface area contributed by atoms with Crippen LogP contribution in [0.1, 0.15) is 10.6 Å². The summed E-state index contributed by atoms with van der Waals surface area (Å²) in [5, 5.41) is 6.42. The van der Waals surface area contributed by atoms with Crippen molar-refractivity contribution in [1.82, 2.24) is 4.74 Å². The Morgan fingerprint density at radius 3 is 2.50 bits per heavy atom. The molecule has 1 heterocycles. The second kappa shape index (κ2) is 6.64. The summed E-state index contributed by atoms with van der Waals surface area (Å²) in [6, 6.07) is 15.6. The van der Waals surface area contributed by atoms with Gasteiger partial charge < -0.3 is 15.2 Å². The summed E-state index contributed by atoms with van der Waals surface area (Å²) in [6.07, 6.45) is 0. The number of nitrogens with one attached hydrogen (secondary N) is 2. The summed E-state index contributed by atoms with van der Waals surface area (Å²) in [7, 11) is 1.43. The van der Waals surface area contributed by atoms with Crippen LogP contribution in [0, 0.1) is 0 Å². The van der Waals surface area contributed by atoms with E-state index in [-0.39, 0.29) is 11.3 Å². The van der Waals surface area contributed by atoms with E-state index in [1.165, 1.54) is 7.05 Å². The number of carbonyl (C=O) groups excluding carboxylic acids is 1. The predicted octanol–water partition coefficient (Wildman–Crippen LogP) is 3.63. The van der Waals surface area contributed by atoms with Gasteiger partial charge in [0, 0.05) is 17.8 Å². The van der Waals surface area contributed by atoms with Crippen molar-refractivity contribution in [2.45, 2.75) is 0 Å². The van der Waals surface area contributed by atoms with Crippen molar-refractivity contribution in [2.24, 2.45) is 7.05 Å². The molecule has 0 saturated heterocycles. The molecule has 24 heavy (non-hydrogen) atoms. The summed E-state index contributed by atoms with van der Waals surface area (Å²) >= 11 is 6.04. The van der Waals surface area contributed by atoms with Gasteiger partial charge in [0.05, 0.1) is 17.4 Å². The number of rotatable bonds is 4. The molecule has 2 N–H and O–H groups in total. The quantitative estimate of drug-likeness (QED) is 0.758. The van der Waals surface area contributed by atoms with E-state index in [2.05, 4.69) is 10.6 Å². The molecule has 0 radical (unpaired) electrons. The topological polar surface area (TPSA) is 76.3 Å². The fourth-order valence-electron chi connectivity index (χ4n) is 2.12. The van der Waals surface area contributed by atoms with Crippen LogP contribution < -0.4 is 16.2 Å². The first-order valence-corrected chi connectivity index (χ1v) is 7.51. The van der Waals surface area contributed by atoms with Gasteiger partial charge in [0.15, 0.2) is 0 Å². The van der Waals surface area contributed by atoms with E-state index in [1.807, 2.05) is 30.3 Å². The van der Waals surface area contributed by atoms with Gasteiger partial charge in [0.1, 0.15) is 0 Å². The SMILES string of the molecule is Cn1oc(C(=O)Nc2ccc(Cl)cc2Nc2ccccc2)cc1=O. The second-order valence-electron chi connectivity index (χ2n) is 5.07. The molecular weight excluding hydrogens is 330 g/mol. The van der Waals surface area contributed by atoms with Crippen LogP contribution in [0.25, 0.3) is 0 Å². The molecule has 0 fully saturated rings. The molecule has 0 aliphatic carbocycles. The van der Waals surface area contributed by atoms with Gasteiger partial charge in [-0.05, 0) is 30.3 Å². The van der Waals surface area contributed by atoms with Crippen LogP contribution in [0.5, 0.6) is 0 Å². The van der Waals surface area contributed by atoms with E-state index in [9.17, 15) is 9.59 Å². The smallest absolute Gasteiger partial charge is 0.294 e. The van der Waals surface area contributed by atoms with Gasteiger partial charge in [-0.25, -0.2) is 0 Å². The van der Waals surface area contributed by atoms with E-state index in [1.54, 1.807) is 18.2 Å². The van der Waals surface area contributed by atoms with Crippen molar-refractivity contribution in [2.75, 3.05) is 10.6 Å². The van der Waals surface area contributed by atoms with E-state index < -0.39 is 5.91 Å². The first-order chi connectivity index (χ1) is 11.5. The van der Waals surface area contributed by atoms with E-state index in [0.717, 1.165) is 16.5 Å². The number of benzene rings is 2. The number of carbonyl (C=O) groups is 1. The average Bonchev–Trinajstić information content (AvgIpc) is 2.90. The Labute approximate surface area is 142 Å².